The normalized spacial score (nSPS) is 19.6. The van der Waals surface area contributed by atoms with Gasteiger partial charge in [-0.1, -0.05) is 18.1 Å². The number of aromatic nitrogens is 1. The first-order valence-corrected chi connectivity index (χ1v) is 7.53. The fraction of sp³-hybridized carbons (Fsp3) is 0.500. The van der Waals surface area contributed by atoms with Gasteiger partial charge in [-0.15, -0.1) is 0 Å². The lowest BCUT2D eigenvalue weighted by atomic mass is 9.89. The Labute approximate surface area is 132 Å². The van der Waals surface area contributed by atoms with Gasteiger partial charge < -0.3 is 14.6 Å². The number of hydrogen-bond acceptors (Lipinski definition) is 4. The van der Waals surface area contributed by atoms with Crippen molar-refractivity contribution in [2.45, 2.75) is 45.8 Å². The van der Waals surface area contributed by atoms with Gasteiger partial charge in [0, 0.05) is 12.7 Å². The quantitative estimate of drug-likeness (QED) is 0.868. The number of carbonyl (C=O) groups is 1. The molecule has 2 heterocycles. The Morgan fingerprint density at radius 3 is 2.41 bits per heavy atom. The van der Waals surface area contributed by atoms with Crippen molar-refractivity contribution in [3.05, 3.63) is 35.6 Å². The molecule has 2 rings (SSSR count). The molecule has 1 aliphatic rings. The highest BCUT2D eigenvalue weighted by atomic mass is 16.7. The van der Waals surface area contributed by atoms with Crippen molar-refractivity contribution in [2.75, 3.05) is 6.54 Å². The number of hydrogen-bond donors (Lipinski definition) is 1. The molecule has 0 aliphatic carbocycles. The van der Waals surface area contributed by atoms with Crippen LogP contribution in [0.5, 0.6) is 0 Å². The fourth-order valence-corrected chi connectivity index (χ4v) is 2.05. The summed E-state index contributed by atoms with van der Waals surface area (Å²) in [5.41, 5.74) is 0.613. The van der Waals surface area contributed by atoms with Crippen LogP contribution >= 0.6 is 0 Å². The Morgan fingerprint density at radius 2 is 1.91 bits per heavy atom. The van der Waals surface area contributed by atoms with Crippen molar-refractivity contribution >= 4 is 19.1 Å². The molecule has 0 spiro atoms. The highest BCUT2D eigenvalue weighted by Gasteiger charge is 2.49. The highest BCUT2D eigenvalue weighted by molar-refractivity contribution is 6.52. The molecule has 0 unspecified atom stereocenters. The Kier molecular flexibility index (Phi) is 4.73. The summed E-state index contributed by atoms with van der Waals surface area (Å²) in [6.45, 7) is 10.5. The first-order valence-electron chi connectivity index (χ1n) is 7.53. The van der Waals surface area contributed by atoms with E-state index in [0.29, 0.717) is 12.2 Å². The van der Waals surface area contributed by atoms with Crippen molar-refractivity contribution in [2.24, 2.45) is 0 Å². The van der Waals surface area contributed by atoms with Gasteiger partial charge in [-0.3, -0.25) is 9.78 Å². The molecule has 22 heavy (non-hydrogen) atoms. The number of nitrogens with zero attached hydrogens (tertiary/aromatic N) is 1. The third kappa shape index (κ3) is 3.57. The second-order valence-corrected chi connectivity index (χ2v) is 6.32. The Bertz CT molecular complexity index is 551. The van der Waals surface area contributed by atoms with Gasteiger partial charge in [0.05, 0.1) is 11.2 Å². The van der Waals surface area contributed by atoms with E-state index in [4.69, 9.17) is 9.31 Å². The van der Waals surface area contributed by atoms with Crippen molar-refractivity contribution in [1.29, 1.82) is 0 Å². The molecule has 5 nitrogen and oxygen atoms in total. The molecule has 0 radical (unpaired) electrons. The summed E-state index contributed by atoms with van der Waals surface area (Å²) in [5, 5.41) is 2.72. The Morgan fingerprint density at radius 1 is 1.27 bits per heavy atom. The van der Waals surface area contributed by atoms with Gasteiger partial charge in [-0.25, -0.2) is 0 Å². The lowest BCUT2D eigenvalue weighted by Gasteiger charge is -2.32. The van der Waals surface area contributed by atoms with E-state index in [2.05, 4.69) is 10.3 Å². The molecule has 0 atom stereocenters. The molecule has 6 heteroatoms. The molecule has 0 bridgehead atoms. The molecular formula is C16H23BN2O3. The predicted molar refractivity (Wildman–Crippen MR) is 87.4 cm³/mol. The van der Waals surface area contributed by atoms with Crippen LogP contribution in [-0.2, 0) is 9.31 Å². The number of nitrogens with one attached hydrogen (secondary N) is 1. The Hall–Kier alpha value is -1.66. The van der Waals surface area contributed by atoms with Crippen molar-refractivity contribution in [3.63, 3.8) is 0 Å². The summed E-state index contributed by atoms with van der Waals surface area (Å²) in [6, 6.07) is 3.55. The fourth-order valence-electron chi connectivity index (χ4n) is 2.05. The number of rotatable bonds is 4. The molecule has 1 aromatic rings. The second kappa shape index (κ2) is 6.22. The molecule has 1 fully saturated rings. The van der Waals surface area contributed by atoms with Crippen LogP contribution in [0.3, 0.4) is 0 Å². The summed E-state index contributed by atoms with van der Waals surface area (Å²) in [6.07, 6.45) is 3.54. The van der Waals surface area contributed by atoms with Crippen molar-refractivity contribution in [1.82, 2.24) is 10.3 Å². The maximum Gasteiger partial charge on any atom is 0.487 e. The van der Waals surface area contributed by atoms with Gasteiger partial charge in [-0.2, -0.15) is 0 Å². The lowest BCUT2D eigenvalue weighted by molar-refractivity contribution is 0.00578. The first-order chi connectivity index (χ1) is 10.2. The van der Waals surface area contributed by atoms with Gasteiger partial charge >= 0.3 is 7.12 Å². The average Bonchev–Trinajstić information content (AvgIpc) is 2.65. The third-order valence-corrected chi connectivity index (χ3v) is 4.07. The SMILES string of the molecule is CCNC(=O)c1ccc(/C=C/B2OC(C)(C)C(C)(C)O2)cn1. The summed E-state index contributed by atoms with van der Waals surface area (Å²) < 4.78 is 11.8. The van der Waals surface area contributed by atoms with Crippen LogP contribution < -0.4 is 5.32 Å². The maximum atomic E-state index is 11.6. The number of carbonyl (C=O) groups excluding carboxylic acids is 1. The van der Waals surface area contributed by atoms with E-state index in [-0.39, 0.29) is 24.2 Å². The van der Waals surface area contributed by atoms with E-state index in [1.165, 1.54) is 0 Å². The smallest absolute Gasteiger partial charge is 0.400 e. The lowest BCUT2D eigenvalue weighted by Crippen LogP contribution is -2.41. The number of amides is 1. The van der Waals surface area contributed by atoms with Gasteiger partial charge in [0.15, 0.2) is 0 Å². The summed E-state index contributed by atoms with van der Waals surface area (Å²) >= 11 is 0. The molecule has 1 aromatic heterocycles. The van der Waals surface area contributed by atoms with Gasteiger partial charge in [-0.05, 0) is 46.2 Å². The van der Waals surface area contributed by atoms with E-state index in [0.717, 1.165) is 5.56 Å². The largest absolute Gasteiger partial charge is 0.487 e. The minimum atomic E-state index is -0.381. The van der Waals surface area contributed by atoms with Crippen LogP contribution in [0.15, 0.2) is 24.3 Å². The molecule has 1 aliphatic heterocycles. The first kappa shape index (κ1) is 16.7. The monoisotopic (exact) mass is 302 g/mol. The van der Waals surface area contributed by atoms with Crippen LogP contribution in [-0.4, -0.2) is 35.8 Å². The molecule has 1 N–H and O–H groups in total. The van der Waals surface area contributed by atoms with Gasteiger partial charge in [0.2, 0.25) is 0 Å². The second-order valence-electron chi connectivity index (χ2n) is 6.32. The standard InChI is InChI=1S/C16H23BN2O3/c1-6-18-14(20)13-8-7-12(11-19-13)9-10-17-21-15(2,3)16(4,5)22-17/h7-11H,6H2,1-5H3,(H,18,20)/b10-9+. The third-order valence-electron chi connectivity index (χ3n) is 4.07. The molecular weight excluding hydrogens is 279 g/mol. The molecule has 118 valence electrons. The average molecular weight is 302 g/mol. The molecule has 0 saturated carbocycles. The molecule has 1 saturated heterocycles. The highest BCUT2D eigenvalue weighted by Crippen LogP contribution is 2.36. The van der Waals surface area contributed by atoms with Crippen LogP contribution in [0.25, 0.3) is 6.08 Å². The minimum Gasteiger partial charge on any atom is -0.400 e. The van der Waals surface area contributed by atoms with Crippen LogP contribution in [0.1, 0.15) is 50.7 Å². The minimum absolute atomic E-state index is 0.163. The predicted octanol–water partition coefficient (Wildman–Crippen LogP) is 2.48. The number of pyridine rings is 1. The van der Waals surface area contributed by atoms with Gasteiger partial charge in [0.25, 0.3) is 5.91 Å². The van der Waals surface area contributed by atoms with E-state index < -0.39 is 0 Å². The van der Waals surface area contributed by atoms with E-state index in [9.17, 15) is 4.79 Å². The summed E-state index contributed by atoms with van der Waals surface area (Å²) in [4.78, 5) is 15.8. The Balaban J connectivity index is 2.01. The van der Waals surface area contributed by atoms with Crippen molar-refractivity contribution in [3.8, 4) is 0 Å². The summed E-state index contributed by atoms with van der Waals surface area (Å²) in [7, 11) is -0.381. The van der Waals surface area contributed by atoms with Crippen LogP contribution in [0.4, 0.5) is 0 Å². The zero-order valence-electron chi connectivity index (χ0n) is 13.8. The van der Waals surface area contributed by atoms with Crippen molar-refractivity contribution < 1.29 is 14.1 Å². The molecule has 0 aromatic carbocycles. The molecule has 1 amide bonds. The zero-order valence-corrected chi connectivity index (χ0v) is 13.8. The maximum absolute atomic E-state index is 11.6. The topological polar surface area (TPSA) is 60.5 Å². The van der Waals surface area contributed by atoms with Crippen LogP contribution in [0.2, 0.25) is 0 Å². The van der Waals surface area contributed by atoms with E-state index in [1.807, 2.05) is 52.7 Å². The van der Waals surface area contributed by atoms with Crippen LogP contribution in [0, 0.1) is 0 Å². The zero-order chi connectivity index (χ0) is 16.4. The van der Waals surface area contributed by atoms with Gasteiger partial charge in [0.1, 0.15) is 5.69 Å². The van der Waals surface area contributed by atoms with E-state index >= 15 is 0 Å². The van der Waals surface area contributed by atoms with E-state index in [1.54, 1.807) is 12.3 Å². The summed E-state index contributed by atoms with van der Waals surface area (Å²) in [5.74, 6) is 1.70.